The molecule has 6 heteroatoms. The lowest BCUT2D eigenvalue weighted by Crippen LogP contribution is -2.51. The van der Waals surface area contributed by atoms with Crippen molar-refractivity contribution in [2.24, 2.45) is 0 Å². The number of aryl methyl sites for hydroxylation is 1. The van der Waals surface area contributed by atoms with Crippen LogP contribution in [0.5, 0.6) is 5.75 Å². The van der Waals surface area contributed by atoms with Gasteiger partial charge in [0, 0.05) is 39.8 Å². The van der Waals surface area contributed by atoms with Crippen LogP contribution in [0.15, 0.2) is 24.3 Å². The minimum atomic E-state index is -0.541. The Hall–Kier alpha value is -1.63. The van der Waals surface area contributed by atoms with Gasteiger partial charge < -0.3 is 19.5 Å². The predicted molar refractivity (Wildman–Crippen MR) is 92.2 cm³/mol. The zero-order valence-electron chi connectivity index (χ0n) is 14.6. The molecule has 1 aliphatic rings. The summed E-state index contributed by atoms with van der Waals surface area (Å²) < 4.78 is 10.6. The lowest BCUT2D eigenvalue weighted by molar-refractivity contribution is -0.134. The fourth-order valence-electron chi connectivity index (χ4n) is 2.78. The fourth-order valence-corrected chi connectivity index (χ4v) is 2.78. The van der Waals surface area contributed by atoms with E-state index in [-0.39, 0.29) is 12.5 Å². The molecule has 1 saturated heterocycles. The lowest BCUT2D eigenvalue weighted by atomic mass is 10.2. The molecule has 1 aromatic rings. The summed E-state index contributed by atoms with van der Waals surface area (Å²) in [5, 5.41) is 10.2. The van der Waals surface area contributed by atoms with Crippen LogP contribution in [0.4, 0.5) is 0 Å². The highest BCUT2D eigenvalue weighted by Crippen LogP contribution is 2.13. The van der Waals surface area contributed by atoms with Crippen molar-refractivity contribution in [3.05, 3.63) is 29.8 Å². The van der Waals surface area contributed by atoms with Crippen LogP contribution in [-0.2, 0) is 9.53 Å². The van der Waals surface area contributed by atoms with Crippen molar-refractivity contribution in [3.8, 4) is 5.75 Å². The molecule has 0 radical (unpaired) electrons. The highest BCUT2D eigenvalue weighted by molar-refractivity contribution is 5.76. The number of amides is 1. The molecule has 1 amide bonds. The molecule has 0 bridgehead atoms. The molecular weight excluding hydrogens is 308 g/mol. The summed E-state index contributed by atoms with van der Waals surface area (Å²) >= 11 is 0. The van der Waals surface area contributed by atoms with Gasteiger partial charge in [0.15, 0.2) is 0 Å². The minimum Gasteiger partial charge on any atom is -0.491 e. The lowest BCUT2D eigenvalue weighted by Gasteiger charge is -2.35. The van der Waals surface area contributed by atoms with Crippen molar-refractivity contribution >= 4 is 5.91 Å². The van der Waals surface area contributed by atoms with Crippen molar-refractivity contribution in [3.63, 3.8) is 0 Å². The molecule has 1 aromatic carbocycles. The molecule has 1 aliphatic heterocycles. The zero-order valence-corrected chi connectivity index (χ0v) is 14.6. The van der Waals surface area contributed by atoms with Crippen LogP contribution >= 0.6 is 0 Å². The van der Waals surface area contributed by atoms with Crippen molar-refractivity contribution < 1.29 is 19.4 Å². The normalized spacial score (nSPS) is 16.9. The predicted octanol–water partition coefficient (Wildman–Crippen LogP) is 0.915. The number of carbonyl (C=O) groups is 1. The minimum absolute atomic E-state index is 0.139. The molecule has 0 unspecified atom stereocenters. The highest BCUT2D eigenvalue weighted by atomic mass is 16.5. The Kier molecular flexibility index (Phi) is 7.49. The first-order chi connectivity index (χ1) is 11.6. The van der Waals surface area contributed by atoms with Crippen molar-refractivity contribution in [1.82, 2.24) is 9.80 Å². The molecule has 134 valence electrons. The second-order valence-corrected chi connectivity index (χ2v) is 6.21. The highest BCUT2D eigenvalue weighted by Gasteiger charge is 2.22. The number of β-amino-alcohol motifs (C(OH)–C–C–N with tert-alkyl or cyclic N) is 1. The van der Waals surface area contributed by atoms with Gasteiger partial charge >= 0.3 is 0 Å². The monoisotopic (exact) mass is 336 g/mol. The van der Waals surface area contributed by atoms with E-state index >= 15 is 0 Å². The van der Waals surface area contributed by atoms with E-state index in [2.05, 4.69) is 4.90 Å². The summed E-state index contributed by atoms with van der Waals surface area (Å²) in [6.07, 6.45) is -0.107. The molecule has 6 nitrogen and oxygen atoms in total. The summed E-state index contributed by atoms with van der Waals surface area (Å²) in [4.78, 5) is 16.0. The summed E-state index contributed by atoms with van der Waals surface area (Å²) in [6.45, 7) is 6.27. The third-order valence-corrected chi connectivity index (χ3v) is 4.15. The van der Waals surface area contributed by atoms with Crippen molar-refractivity contribution in [2.75, 3.05) is 53.0 Å². The van der Waals surface area contributed by atoms with E-state index in [1.165, 1.54) is 0 Å². The molecule has 2 rings (SSSR count). The molecule has 24 heavy (non-hydrogen) atoms. The van der Waals surface area contributed by atoms with E-state index in [4.69, 9.17) is 9.47 Å². The standard InChI is InChI=1S/C18H28N2O4/c1-15-4-3-5-17(12-15)24-14-16(21)13-19-7-9-20(10-8-19)18(22)6-11-23-2/h3-5,12,16,21H,6-11,13-14H2,1-2H3/t16-/m1/s1. The maximum absolute atomic E-state index is 11.9. The molecule has 0 aliphatic carbocycles. The van der Waals surface area contributed by atoms with E-state index in [0.717, 1.165) is 24.4 Å². The third-order valence-electron chi connectivity index (χ3n) is 4.15. The van der Waals surface area contributed by atoms with Crippen LogP contribution in [0, 0.1) is 6.92 Å². The van der Waals surface area contributed by atoms with E-state index in [1.54, 1.807) is 7.11 Å². The zero-order chi connectivity index (χ0) is 17.4. The Balaban J connectivity index is 1.66. The van der Waals surface area contributed by atoms with Gasteiger partial charge in [-0.25, -0.2) is 0 Å². The summed E-state index contributed by atoms with van der Waals surface area (Å²) in [5.41, 5.74) is 1.14. The van der Waals surface area contributed by atoms with Crippen LogP contribution in [-0.4, -0.2) is 80.0 Å². The Morgan fingerprint density at radius 2 is 2.04 bits per heavy atom. The molecule has 1 fully saturated rings. The molecule has 0 spiro atoms. The van der Waals surface area contributed by atoms with Gasteiger partial charge in [-0.1, -0.05) is 12.1 Å². The van der Waals surface area contributed by atoms with Gasteiger partial charge in [-0.3, -0.25) is 9.69 Å². The van der Waals surface area contributed by atoms with Crippen LogP contribution in [0.25, 0.3) is 0 Å². The average Bonchev–Trinajstić information content (AvgIpc) is 2.58. The number of ether oxygens (including phenoxy) is 2. The summed E-state index contributed by atoms with van der Waals surface area (Å²) in [6, 6.07) is 7.80. The number of methoxy groups -OCH3 is 1. The second-order valence-electron chi connectivity index (χ2n) is 6.21. The Bertz CT molecular complexity index is 515. The van der Waals surface area contributed by atoms with Gasteiger partial charge in [0.1, 0.15) is 18.5 Å². The van der Waals surface area contributed by atoms with Crippen LogP contribution in [0.2, 0.25) is 0 Å². The quantitative estimate of drug-likeness (QED) is 0.765. The summed E-state index contributed by atoms with van der Waals surface area (Å²) in [7, 11) is 1.60. The first-order valence-electron chi connectivity index (χ1n) is 8.45. The molecule has 1 heterocycles. The van der Waals surface area contributed by atoms with Gasteiger partial charge in [0.2, 0.25) is 5.91 Å². The molecular formula is C18H28N2O4. The van der Waals surface area contributed by atoms with Gasteiger partial charge in [-0.15, -0.1) is 0 Å². The SMILES string of the molecule is COCCC(=O)N1CCN(C[C@@H](O)COc2cccc(C)c2)CC1. The number of carbonyl (C=O) groups excluding carboxylic acids is 1. The van der Waals surface area contributed by atoms with Gasteiger partial charge in [-0.2, -0.15) is 0 Å². The van der Waals surface area contributed by atoms with E-state index in [0.29, 0.717) is 32.7 Å². The first kappa shape index (κ1) is 18.7. The van der Waals surface area contributed by atoms with Crippen LogP contribution < -0.4 is 4.74 Å². The smallest absolute Gasteiger partial charge is 0.224 e. The molecule has 1 N–H and O–H groups in total. The number of aliphatic hydroxyl groups excluding tert-OH is 1. The number of aliphatic hydroxyl groups is 1. The summed E-state index contributed by atoms with van der Waals surface area (Å²) in [5.74, 6) is 0.919. The van der Waals surface area contributed by atoms with Gasteiger partial charge in [-0.05, 0) is 24.6 Å². The number of hydrogen-bond donors (Lipinski definition) is 1. The largest absolute Gasteiger partial charge is 0.491 e. The molecule has 0 aromatic heterocycles. The third kappa shape index (κ3) is 6.11. The van der Waals surface area contributed by atoms with Crippen LogP contribution in [0.3, 0.4) is 0 Å². The Morgan fingerprint density at radius 3 is 2.71 bits per heavy atom. The molecule has 1 atom stereocenters. The number of piperazine rings is 1. The molecule has 0 saturated carbocycles. The number of nitrogens with zero attached hydrogens (tertiary/aromatic N) is 2. The first-order valence-corrected chi connectivity index (χ1v) is 8.45. The van der Waals surface area contributed by atoms with Crippen molar-refractivity contribution in [2.45, 2.75) is 19.4 Å². The average molecular weight is 336 g/mol. The number of benzene rings is 1. The van der Waals surface area contributed by atoms with E-state index in [1.807, 2.05) is 36.1 Å². The van der Waals surface area contributed by atoms with Gasteiger partial charge in [0.05, 0.1) is 13.0 Å². The Labute approximate surface area is 144 Å². The van der Waals surface area contributed by atoms with Gasteiger partial charge in [0.25, 0.3) is 0 Å². The van der Waals surface area contributed by atoms with Crippen molar-refractivity contribution in [1.29, 1.82) is 0 Å². The maximum Gasteiger partial charge on any atom is 0.224 e. The van der Waals surface area contributed by atoms with E-state index < -0.39 is 6.10 Å². The van der Waals surface area contributed by atoms with Crippen LogP contribution in [0.1, 0.15) is 12.0 Å². The second kappa shape index (κ2) is 9.61. The topological polar surface area (TPSA) is 62.2 Å². The Morgan fingerprint density at radius 1 is 1.29 bits per heavy atom. The number of hydrogen-bond acceptors (Lipinski definition) is 5. The number of rotatable bonds is 8. The maximum atomic E-state index is 11.9. The van der Waals surface area contributed by atoms with E-state index in [9.17, 15) is 9.90 Å². The fraction of sp³-hybridized carbons (Fsp3) is 0.611.